The first-order valence-electron chi connectivity index (χ1n) is 10.4. The zero-order valence-corrected chi connectivity index (χ0v) is 19.1. The standard InChI is InChI=1S/C25H18F2N4O2S/c1-14-11-19(15(2)31(14)25-28-9-10-34-25)22(32)13-30-24(33)18-6-4-3-5-17(18)23(29-30)16-7-8-20(26)21(27)12-16/h3-12H,13H2,1-2H3. The lowest BCUT2D eigenvalue weighted by atomic mass is 10.0. The Morgan fingerprint density at radius 3 is 2.50 bits per heavy atom. The van der Waals surface area contributed by atoms with Gasteiger partial charge in [0.1, 0.15) is 6.54 Å². The van der Waals surface area contributed by atoms with Crippen LogP contribution in [0.3, 0.4) is 0 Å². The van der Waals surface area contributed by atoms with E-state index in [9.17, 15) is 18.4 Å². The van der Waals surface area contributed by atoms with Crippen molar-refractivity contribution >= 4 is 27.9 Å². The normalized spacial score (nSPS) is 11.3. The number of hydrogen-bond acceptors (Lipinski definition) is 5. The number of ketones is 1. The Morgan fingerprint density at radius 1 is 1.03 bits per heavy atom. The fourth-order valence-electron chi connectivity index (χ4n) is 4.09. The van der Waals surface area contributed by atoms with Gasteiger partial charge in [0, 0.05) is 39.5 Å². The summed E-state index contributed by atoms with van der Waals surface area (Å²) >= 11 is 1.45. The van der Waals surface area contributed by atoms with E-state index in [2.05, 4.69) is 10.1 Å². The van der Waals surface area contributed by atoms with E-state index in [0.29, 0.717) is 27.6 Å². The fourth-order valence-corrected chi connectivity index (χ4v) is 4.84. The van der Waals surface area contributed by atoms with Gasteiger partial charge in [-0.15, -0.1) is 11.3 Å². The van der Waals surface area contributed by atoms with Gasteiger partial charge in [-0.25, -0.2) is 18.4 Å². The zero-order chi connectivity index (χ0) is 24.0. The highest BCUT2D eigenvalue weighted by Gasteiger charge is 2.20. The maximum Gasteiger partial charge on any atom is 0.275 e. The lowest BCUT2D eigenvalue weighted by molar-refractivity contribution is 0.0965. The number of aromatic nitrogens is 4. The Balaban J connectivity index is 1.61. The van der Waals surface area contributed by atoms with Crippen LogP contribution in [-0.2, 0) is 6.54 Å². The maximum absolute atomic E-state index is 13.9. The van der Waals surface area contributed by atoms with E-state index in [0.717, 1.165) is 27.6 Å². The molecule has 34 heavy (non-hydrogen) atoms. The molecule has 5 aromatic rings. The Bertz CT molecular complexity index is 1620. The molecule has 0 atom stereocenters. The molecule has 0 fully saturated rings. The molecule has 3 aromatic heterocycles. The molecule has 0 radical (unpaired) electrons. The number of fused-ring (bicyclic) bond motifs is 1. The summed E-state index contributed by atoms with van der Waals surface area (Å²) in [6, 6.07) is 11.9. The van der Waals surface area contributed by atoms with E-state index in [-0.39, 0.29) is 18.0 Å². The van der Waals surface area contributed by atoms with E-state index in [1.165, 1.54) is 17.4 Å². The third-order valence-electron chi connectivity index (χ3n) is 5.70. The topological polar surface area (TPSA) is 69.8 Å². The molecule has 0 bridgehead atoms. The van der Waals surface area contributed by atoms with Gasteiger partial charge in [0.2, 0.25) is 0 Å². The summed E-state index contributed by atoms with van der Waals surface area (Å²) in [5, 5.41) is 7.82. The van der Waals surface area contributed by atoms with Crippen molar-refractivity contribution in [3.63, 3.8) is 0 Å². The Labute approximate surface area is 196 Å². The van der Waals surface area contributed by atoms with Crippen molar-refractivity contribution in [1.29, 1.82) is 0 Å². The van der Waals surface area contributed by atoms with Crippen LogP contribution >= 0.6 is 11.3 Å². The largest absolute Gasteiger partial charge is 0.294 e. The van der Waals surface area contributed by atoms with Crippen molar-refractivity contribution in [2.24, 2.45) is 0 Å². The van der Waals surface area contributed by atoms with Gasteiger partial charge in [0.05, 0.1) is 11.1 Å². The molecule has 0 aliphatic rings. The predicted molar refractivity (Wildman–Crippen MR) is 127 cm³/mol. The van der Waals surface area contributed by atoms with Gasteiger partial charge in [-0.1, -0.05) is 18.2 Å². The third kappa shape index (κ3) is 3.63. The molecule has 0 aliphatic heterocycles. The second-order valence-electron chi connectivity index (χ2n) is 7.84. The van der Waals surface area contributed by atoms with Crippen LogP contribution in [0.5, 0.6) is 0 Å². The third-order valence-corrected chi connectivity index (χ3v) is 6.45. The summed E-state index contributed by atoms with van der Waals surface area (Å²) in [7, 11) is 0. The lowest BCUT2D eigenvalue weighted by Crippen LogP contribution is -2.27. The summed E-state index contributed by atoms with van der Waals surface area (Å²) in [5.41, 5.74) is 2.17. The van der Waals surface area contributed by atoms with Gasteiger partial charge >= 0.3 is 0 Å². The Morgan fingerprint density at radius 2 is 1.79 bits per heavy atom. The molecule has 5 rings (SSSR count). The number of halogens is 2. The SMILES string of the molecule is Cc1cc(C(=O)Cn2nc(-c3ccc(F)c(F)c3)c3ccccc3c2=O)c(C)n1-c1nccs1. The summed E-state index contributed by atoms with van der Waals surface area (Å²) in [5.74, 6) is -2.30. The van der Waals surface area contributed by atoms with Gasteiger partial charge in [-0.05, 0) is 44.2 Å². The summed E-state index contributed by atoms with van der Waals surface area (Å²) < 4.78 is 30.4. The van der Waals surface area contributed by atoms with Crippen molar-refractivity contribution in [2.75, 3.05) is 0 Å². The molecule has 0 N–H and O–H groups in total. The van der Waals surface area contributed by atoms with Gasteiger partial charge in [0.25, 0.3) is 5.56 Å². The lowest BCUT2D eigenvalue weighted by Gasteiger charge is -2.11. The van der Waals surface area contributed by atoms with Gasteiger partial charge in [0.15, 0.2) is 22.5 Å². The first-order chi connectivity index (χ1) is 16.3. The van der Waals surface area contributed by atoms with E-state index >= 15 is 0 Å². The van der Waals surface area contributed by atoms with Crippen LogP contribution in [0.1, 0.15) is 21.7 Å². The maximum atomic E-state index is 13.9. The number of carbonyl (C=O) groups is 1. The minimum Gasteiger partial charge on any atom is -0.294 e. The number of hydrogen-bond donors (Lipinski definition) is 0. The Hall–Kier alpha value is -3.98. The minimum atomic E-state index is -1.02. The minimum absolute atomic E-state index is 0.287. The molecule has 3 heterocycles. The zero-order valence-electron chi connectivity index (χ0n) is 18.3. The van der Waals surface area contributed by atoms with Crippen molar-refractivity contribution in [2.45, 2.75) is 20.4 Å². The van der Waals surface area contributed by atoms with Crippen molar-refractivity contribution in [3.8, 4) is 16.4 Å². The second kappa shape index (κ2) is 8.42. The van der Waals surface area contributed by atoms with Crippen molar-refractivity contribution in [1.82, 2.24) is 19.3 Å². The first kappa shape index (κ1) is 21.8. The molecule has 0 spiro atoms. The van der Waals surface area contributed by atoms with E-state index in [1.807, 2.05) is 23.8 Å². The molecule has 2 aromatic carbocycles. The van der Waals surface area contributed by atoms with Crippen LogP contribution in [0, 0.1) is 25.5 Å². The number of carbonyl (C=O) groups excluding carboxylic acids is 1. The molecule has 0 unspecified atom stereocenters. The number of nitrogens with zero attached hydrogens (tertiary/aromatic N) is 4. The average molecular weight is 477 g/mol. The molecule has 0 saturated carbocycles. The number of Topliss-reactive ketones (excluding diaryl/α,β-unsaturated/α-hetero) is 1. The molecule has 170 valence electrons. The highest BCUT2D eigenvalue weighted by Crippen LogP contribution is 2.27. The summed E-state index contributed by atoms with van der Waals surface area (Å²) in [6.45, 7) is 3.40. The van der Waals surface area contributed by atoms with Crippen LogP contribution in [0.4, 0.5) is 8.78 Å². The number of benzene rings is 2. The molecule has 0 amide bonds. The molecule has 0 aliphatic carbocycles. The van der Waals surface area contributed by atoms with E-state index < -0.39 is 17.2 Å². The Kier molecular flexibility index (Phi) is 5.41. The quantitative estimate of drug-likeness (QED) is 0.332. The van der Waals surface area contributed by atoms with Crippen molar-refractivity contribution in [3.05, 3.63) is 99.0 Å². The first-order valence-corrected chi connectivity index (χ1v) is 11.3. The van der Waals surface area contributed by atoms with Gasteiger partial charge < -0.3 is 0 Å². The second-order valence-corrected chi connectivity index (χ2v) is 8.72. The van der Waals surface area contributed by atoms with Gasteiger partial charge in [-0.3, -0.25) is 14.2 Å². The highest BCUT2D eigenvalue weighted by molar-refractivity contribution is 7.12. The average Bonchev–Trinajstić information content (AvgIpc) is 3.45. The fraction of sp³-hybridized carbons (Fsp3) is 0.120. The molecule has 6 nitrogen and oxygen atoms in total. The number of thiazole rings is 1. The predicted octanol–water partition coefficient (Wildman–Crippen LogP) is 5.09. The highest BCUT2D eigenvalue weighted by atomic mass is 32.1. The van der Waals surface area contributed by atoms with Crippen LogP contribution < -0.4 is 5.56 Å². The smallest absolute Gasteiger partial charge is 0.275 e. The van der Waals surface area contributed by atoms with Crippen LogP contribution in [0.15, 0.2) is 64.9 Å². The van der Waals surface area contributed by atoms with Gasteiger partial charge in [-0.2, -0.15) is 5.10 Å². The summed E-state index contributed by atoms with van der Waals surface area (Å²) in [6.07, 6.45) is 1.69. The molecular weight excluding hydrogens is 458 g/mol. The molecule has 9 heteroatoms. The van der Waals surface area contributed by atoms with Crippen LogP contribution in [0.25, 0.3) is 27.2 Å². The van der Waals surface area contributed by atoms with E-state index in [4.69, 9.17) is 0 Å². The molecular formula is C25H18F2N4O2S. The number of rotatable bonds is 5. The van der Waals surface area contributed by atoms with Crippen molar-refractivity contribution < 1.29 is 13.6 Å². The van der Waals surface area contributed by atoms with E-state index in [1.54, 1.807) is 36.5 Å². The van der Waals surface area contributed by atoms with Crippen LogP contribution in [-0.4, -0.2) is 25.1 Å². The monoisotopic (exact) mass is 476 g/mol. The summed E-state index contributed by atoms with van der Waals surface area (Å²) in [4.78, 5) is 30.7. The molecule has 0 saturated heterocycles. The van der Waals surface area contributed by atoms with Crippen LogP contribution in [0.2, 0.25) is 0 Å². The number of aryl methyl sites for hydroxylation is 1.